The van der Waals surface area contributed by atoms with Crippen molar-refractivity contribution in [3.63, 3.8) is 0 Å². The van der Waals surface area contributed by atoms with Crippen molar-refractivity contribution in [1.29, 1.82) is 0 Å². The lowest BCUT2D eigenvalue weighted by molar-refractivity contribution is 0.102. The number of aryl methyl sites for hydroxylation is 3. The van der Waals surface area contributed by atoms with Crippen molar-refractivity contribution in [1.82, 2.24) is 14.8 Å². The largest absolute Gasteiger partial charge is 0.305 e. The van der Waals surface area contributed by atoms with Crippen LogP contribution in [0.15, 0.2) is 36.5 Å². The fourth-order valence-electron chi connectivity index (χ4n) is 2.33. The molecule has 0 spiro atoms. The molecule has 0 saturated carbocycles. The van der Waals surface area contributed by atoms with Crippen molar-refractivity contribution in [2.45, 2.75) is 13.8 Å². The second kappa shape index (κ2) is 5.01. The van der Waals surface area contributed by atoms with Crippen LogP contribution >= 0.6 is 0 Å². The van der Waals surface area contributed by atoms with Crippen molar-refractivity contribution in [2.24, 2.45) is 7.05 Å². The van der Waals surface area contributed by atoms with Gasteiger partial charge < -0.3 is 5.32 Å². The zero-order valence-electron chi connectivity index (χ0n) is 12.2. The van der Waals surface area contributed by atoms with E-state index >= 15 is 0 Å². The number of rotatable bonds is 2. The van der Waals surface area contributed by atoms with E-state index in [0.29, 0.717) is 11.4 Å². The molecule has 3 aromatic rings. The number of hydrogen-bond donors (Lipinski definition) is 1. The first kappa shape index (κ1) is 13.3. The topological polar surface area (TPSA) is 59.8 Å². The Kier molecular flexibility index (Phi) is 3.17. The molecule has 5 nitrogen and oxygen atoms in total. The second-order valence-corrected chi connectivity index (χ2v) is 5.16. The SMILES string of the molecule is Cc1ccc2nc(C)cc(C(=O)Nc3ccn(C)n3)c2c1. The lowest BCUT2D eigenvalue weighted by atomic mass is 10.0. The van der Waals surface area contributed by atoms with Crippen molar-refractivity contribution in [3.05, 3.63) is 53.3 Å². The first-order chi connectivity index (χ1) is 10.0. The number of fused-ring (bicyclic) bond motifs is 1. The maximum Gasteiger partial charge on any atom is 0.257 e. The average molecular weight is 280 g/mol. The molecule has 1 N–H and O–H groups in total. The molecule has 21 heavy (non-hydrogen) atoms. The smallest absolute Gasteiger partial charge is 0.257 e. The van der Waals surface area contributed by atoms with E-state index in [9.17, 15) is 4.79 Å². The number of pyridine rings is 1. The summed E-state index contributed by atoms with van der Waals surface area (Å²) in [5.41, 5.74) is 3.36. The Labute approximate surface area is 122 Å². The zero-order valence-corrected chi connectivity index (χ0v) is 12.2. The Balaban J connectivity index is 2.06. The summed E-state index contributed by atoms with van der Waals surface area (Å²) in [6.07, 6.45) is 1.79. The maximum atomic E-state index is 12.5. The van der Waals surface area contributed by atoms with Gasteiger partial charge in [0.2, 0.25) is 0 Å². The molecule has 0 bridgehead atoms. The highest BCUT2D eigenvalue weighted by Gasteiger charge is 2.13. The van der Waals surface area contributed by atoms with Gasteiger partial charge in [-0.05, 0) is 32.0 Å². The summed E-state index contributed by atoms with van der Waals surface area (Å²) >= 11 is 0. The number of carbonyl (C=O) groups is 1. The number of benzene rings is 1. The van der Waals surface area contributed by atoms with Gasteiger partial charge >= 0.3 is 0 Å². The monoisotopic (exact) mass is 280 g/mol. The van der Waals surface area contributed by atoms with E-state index in [-0.39, 0.29) is 5.91 Å². The van der Waals surface area contributed by atoms with Crippen LogP contribution in [0.4, 0.5) is 5.82 Å². The third-order valence-electron chi connectivity index (χ3n) is 3.29. The predicted molar refractivity (Wildman–Crippen MR) is 82.4 cm³/mol. The number of nitrogens with zero attached hydrogens (tertiary/aromatic N) is 3. The molecular weight excluding hydrogens is 264 g/mol. The zero-order chi connectivity index (χ0) is 15.0. The van der Waals surface area contributed by atoms with E-state index < -0.39 is 0 Å². The summed E-state index contributed by atoms with van der Waals surface area (Å²) in [5.74, 6) is 0.368. The summed E-state index contributed by atoms with van der Waals surface area (Å²) in [6, 6.07) is 9.49. The minimum absolute atomic E-state index is 0.171. The summed E-state index contributed by atoms with van der Waals surface area (Å²) in [7, 11) is 1.81. The minimum atomic E-state index is -0.171. The first-order valence-electron chi connectivity index (χ1n) is 6.72. The highest BCUT2D eigenvalue weighted by molar-refractivity contribution is 6.12. The van der Waals surface area contributed by atoms with Gasteiger partial charge in [-0.25, -0.2) is 0 Å². The third kappa shape index (κ3) is 2.63. The molecule has 0 atom stereocenters. The van der Waals surface area contributed by atoms with E-state index in [1.165, 1.54) is 0 Å². The Hall–Kier alpha value is -2.69. The molecule has 0 fully saturated rings. The molecule has 106 valence electrons. The van der Waals surface area contributed by atoms with Gasteiger partial charge in [0.15, 0.2) is 5.82 Å². The molecule has 0 aliphatic heterocycles. The van der Waals surface area contributed by atoms with Gasteiger partial charge in [-0.3, -0.25) is 14.5 Å². The molecule has 2 heterocycles. The number of aromatic nitrogens is 3. The summed E-state index contributed by atoms with van der Waals surface area (Å²) < 4.78 is 1.65. The first-order valence-corrected chi connectivity index (χ1v) is 6.72. The van der Waals surface area contributed by atoms with E-state index in [4.69, 9.17) is 0 Å². The van der Waals surface area contributed by atoms with Crippen LogP contribution < -0.4 is 5.32 Å². The van der Waals surface area contributed by atoms with E-state index in [1.54, 1.807) is 23.0 Å². The average Bonchev–Trinajstić information content (AvgIpc) is 2.83. The van der Waals surface area contributed by atoms with Crippen LogP contribution in [-0.2, 0) is 7.05 Å². The van der Waals surface area contributed by atoms with Gasteiger partial charge in [0.1, 0.15) is 0 Å². The summed E-state index contributed by atoms with van der Waals surface area (Å²) in [4.78, 5) is 17.0. The molecule has 2 aromatic heterocycles. The molecule has 0 aliphatic carbocycles. The van der Waals surface area contributed by atoms with Crippen LogP contribution in [0.25, 0.3) is 10.9 Å². The molecule has 0 aliphatic rings. The van der Waals surface area contributed by atoms with Crippen molar-refractivity contribution < 1.29 is 4.79 Å². The lowest BCUT2D eigenvalue weighted by Crippen LogP contribution is -2.14. The van der Waals surface area contributed by atoms with Gasteiger partial charge in [0, 0.05) is 30.4 Å². The van der Waals surface area contributed by atoms with Gasteiger partial charge in [-0.15, -0.1) is 0 Å². The number of anilines is 1. The third-order valence-corrected chi connectivity index (χ3v) is 3.29. The van der Waals surface area contributed by atoms with Crippen molar-refractivity contribution in [2.75, 3.05) is 5.32 Å². The van der Waals surface area contributed by atoms with Crippen LogP contribution in [0.3, 0.4) is 0 Å². The minimum Gasteiger partial charge on any atom is -0.305 e. The van der Waals surface area contributed by atoms with E-state index in [0.717, 1.165) is 22.2 Å². The van der Waals surface area contributed by atoms with Crippen LogP contribution in [0.1, 0.15) is 21.6 Å². The number of nitrogens with one attached hydrogen (secondary N) is 1. The second-order valence-electron chi connectivity index (χ2n) is 5.16. The molecule has 3 rings (SSSR count). The van der Waals surface area contributed by atoms with Gasteiger partial charge in [0.25, 0.3) is 5.91 Å². The maximum absolute atomic E-state index is 12.5. The summed E-state index contributed by atoms with van der Waals surface area (Å²) in [5, 5.41) is 7.84. The summed E-state index contributed by atoms with van der Waals surface area (Å²) in [6.45, 7) is 3.89. The quantitative estimate of drug-likeness (QED) is 0.785. The lowest BCUT2D eigenvalue weighted by Gasteiger charge is -2.08. The van der Waals surface area contributed by atoms with Crippen LogP contribution in [0.2, 0.25) is 0 Å². The Morgan fingerprint density at radius 1 is 1.19 bits per heavy atom. The van der Waals surface area contributed by atoms with Gasteiger partial charge in [0.05, 0.1) is 11.1 Å². The predicted octanol–water partition coefficient (Wildman–Crippen LogP) is 2.84. The fourth-order valence-corrected chi connectivity index (χ4v) is 2.33. The number of hydrogen-bond acceptors (Lipinski definition) is 3. The number of carbonyl (C=O) groups excluding carboxylic acids is 1. The molecule has 1 aromatic carbocycles. The van der Waals surface area contributed by atoms with Crippen LogP contribution in [0.5, 0.6) is 0 Å². The standard InChI is InChI=1S/C16H16N4O/c1-10-4-5-14-12(8-10)13(9-11(2)17-14)16(21)18-15-6-7-20(3)19-15/h4-9H,1-3H3,(H,18,19,21). The van der Waals surface area contributed by atoms with Crippen LogP contribution in [0, 0.1) is 13.8 Å². The highest BCUT2D eigenvalue weighted by atomic mass is 16.1. The molecular formula is C16H16N4O. The fraction of sp³-hybridized carbons (Fsp3) is 0.188. The van der Waals surface area contributed by atoms with E-state index in [2.05, 4.69) is 15.4 Å². The van der Waals surface area contributed by atoms with Gasteiger partial charge in [-0.2, -0.15) is 5.10 Å². The molecule has 0 unspecified atom stereocenters. The van der Waals surface area contributed by atoms with Crippen molar-refractivity contribution >= 4 is 22.6 Å². The van der Waals surface area contributed by atoms with E-state index in [1.807, 2.05) is 39.1 Å². The normalized spacial score (nSPS) is 10.8. The van der Waals surface area contributed by atoms with Gasteiger partial charge in [-0.1, -0.05) is 11.6 Å². The molecule has 0 radical (unpaired) electrons. The van der Waals surface area contributed by atoms with Crippen LogP contribution in [-0.4, -0.2) is 20.7 Å². The molecule has 0 saturated heterocycles. The molecule has 1 amide bonds. The molecule has 5 heteroatoms. The Bertz CT molecular complexity index is 835. The number of amides is 1. The Morgan fingerprint density at radius 3 is 2.71 bits per heavy atom. The Morgan fingerprint density at radius 2 is 2.00 bits per heavy atom. The highest BCUT2D eigenvalue weighted by Crippen LogP contribution is 2.21. The van der Waals surface area contributed by atoms with Crippen molar-refractivity contribution in [3.8, 4) is 0 Å².